The average Bonchev–Trinajstić information content (AvgIpc) is 3.05. The molecule has 7 heteroatoms. The second-order valence-electron chi connectivity index (χ2n) is 3.31. The number of anilines is 1. The molecule has 0 saturated carbocycles. The van der Waals surface area contributed by atoms with Gasteiger partial charge in [0.15, 0.2) is 4.34 Å². The van der Waals surface area contributed by atoms with E-state index in [1.165, 1.54) is 29.2 Å². The van der Waals surface area contributed by atoms with Crippen molar-refractivity contribution in [3.05, 3.63) is 42.9 Å². The molecule has 0 spiro atoms. The Morgan fingerprint density at radius 3 is 3.21 bits per heavy atom. The highest BCUT2D eigenvalue weighted by molar-refractivity contribution is 8.01. The van der Waals surface area contributed by atoms with Crippen molar-refractivity contribution in [2.75, 3.05) is 11.1 Å². The summed E-state index contributed by atoms with van der Waals surface area (Å²) in [5, 5.41) is 10.9. The van der Waals surface area contributed by atoms with E-state index in [0.717, 1.165) is 10.1 Å². The molecule has 0 bridgehead atoms. The van der Waals surface area contributed by atoms with Gasteiger partial charge in [0.25, 0.3) is 0 Å². The summed E-state index contributed by atoms with van der Waals surface area (Å²) in [5.74, 6) is 1.11. The first-order valence-electron chi connectivity index (χ1n) is 5.37. The standard InChI is InChI=1S/C12H11N3O2S2/c1-2-8-18-12-15-14-11(19-12)13-10(16)6-5-9-4-3-7-17-9/h2-7H,1,8H2,(H,13,14,16)/b6-5+. The van der Waals surface area contributed by atoms with Gasteiger partial charge in [-0.2, -0.15) is 0 Å². The van der Waals surface area contributed by atoms with Crippen molar-refractivity contribution < 1.29 is 9.21 Å². The van der Waals surface area contributed by atoms with Crippen LogP contribution < -0.4 is 5.32 Å². The number of carbonyl (C=O) groups is 1. The van der Waals surface area contributed by atoms with Crippen LogP contribution in [0.15, 0.2) is 45.9 Å². The van der Waals surface area contributed by atoms with Crippen molar-refractivity contribution in [3.8, 4) is 0 Å². The van der Waals surface area contributed by atoms with Gasteiger partial charge >= 0.3 is 0 Å². The van der Waals surface area contributed by atoms with E-state index in [1.54, 1.807) is 30.5 Å². The van der Waals surface area contributed by atoms with Crippen LogP contribution in [0.3, 0.4) is 0 Å². The Kier molecular flexibility index (Phi) is 4.93. The number of nitrogens with zero attached hydrogens (tertiary/aromatic N) is 2. The number of hydrogen-bond acceptors (Lipinski definition) is 6. The first-order chi connectivity index (χ1) is 9.28. The molecule has 0 aromatic carbocycles. The normalized spacial score (nSPS) is 10.7. The van der Waals surface area contributed by atoms with E-state index >= 15 is 0 Å². The van der Waals surface area contributed by atoms with Crippen LogP contribution in [0.25, 0.3) is 6.08 Å². The number of thioether (sulfide) groups is 1. The molecule has 19 heavy (non-hydrogen) atoms. The van der Waals surface area contributed by atoms with Crippen molar-refractivity contribution in [2.45, 2.75) is 4.34 Å². The van der Waals surface area contributed by atoms with Gasteiger partial charge in [0.2, 0.25) is 11.0 Å². The quantitative estimate of drug-likeness (QED) is 0.384. The number of aromatic nitrogens is 2. The molecule has 1 N–H and O–H groups in total. The van der Waals surface area contributed by atoms with E-state index in [0.29, 0.717) is 10.9 Å². The molecule has 0 atom stereocenters. The van der Waals surface area contributed by atoms with Gasteiger partial charge < -0.3 is 4.42 Å². The molecule has 0 radical (unpaired) electrons. The van der Waals surface area contributed by atoms with Gasteiger partial charge in [-0.1, -0.05) is 29.2 Å². The van der Waals surface area contributed by atoms with E-state index < -0.39 is 0 Å². The van der Waals surface area contributed by atoms with Crippen LogP contribution in [0.5, 0.6) is 0 Å². The fourth-order valence-electron chi connectivity index (χ4n) is 1.14. The molecule has 2 aromatic heterocycles. The summed E-state index contributed by atoms with van der Waals surface area (Å²) >= 11 is 2.85. The van der Waals surface area contributed by atoms with Crippen LogP contribution in [-0.4, -0.2) is 21.9 Å². The third-order valence-electron chi connectivity index (χ3n) is 1.90. The molecule has 2 aromatic rings. The Labute approximate surface area is 118 Å². The highest BCUT2D eigenvalue weighted by Gasteiger charge is 2.06. The van der Waals surface area contributed by atoms with Gasteiger partial charge in [0.1, 0.15) is 5.76 Å². The zero-order valence-electron chi connectivity index (χ0n) is 9.91. The molecule has 0 aliphatic carbocycles. The lowest BCUT2D eigenvalue weighted by atomic mass is 10.4. The van der Waals surface area contributed by atoms with Gasteiger partial charge in [-0.05, 0) is 18.2 Å². The van der Waals surface area contributed by atoms with Crippen LogP contribution in [0.4, 0.5) is 5.13 Å². The maximum absolute atomic E-state index is 11.6. The second kappa shape index (κ2) is 6.91. The molecule has 2 rings (SSSR count). The summed E-state index contributed by atoms with van der Waals surface area (Å²) in [6.45, 7) is 3.63. The van der Waals surface area contributed by atoms with E-state index in [9.17, 15) is 4.79 Å². The molecule has 1 amide bonds. The number of amides is 1. The highest BCUT2D eigenvalue weighted by atomic mass is 32.2. The molecular weight excluding hydrogens is 282 g/mol. The van der Waals surface area contributed by atoms with Gasteiger partial charge in [-0.25, -0.2) is 0 Å². The van der Waals surface area contributed by atoms with Crippen LogP contribution >= 0.6 is 23.1 Å². The lowest BCUT2D eigenvalue weighted by molar-refractivity contribution is -0.111. The zero-order valence-corrected chi connectivity index (χ0v) is 11.5. The maximum Gasteiger partial charge on any atom is 0.250 e. The summed E-state index contributed by atoms with van der Waals surface area (Å²) in [5.41, 5.74) is 0. The molecule has 2 heterocycles. The zero-order chi connectivity index (χ0) is 13.5. The van der Waals surface area contributed by atoms with Crippen molar-refractivity contribution >= 4 is 40.2 Å². The molecule has 98 valence electrons. The SMILES string of the molecule is C=CCSc1nnc(NC(=O)/C=C/c2ccco2)s1. The number of rotatable bonds is 6. The Morgan fingerprint density at radius 2 is 2.47 bits per heavy atom. The molecule has 0 saturated heterocycles. The van der Waals surface area contributed by atoms with Crippen molar-refractivity contribution in [1.82, 2.24) is 10.2 Å². The topological polar surface area (TPSA) is 68.0 Å². The maximum atomic E-state index is 11.6. The van der Waals surface area contributed by atoms with Gasteiger partial charge in [-0.3, -0.25) is 10.1 Å². The van der Waals surface area contributed by atoms with Crippen molar-refractivity contribution in [3.63, 3.8) is 0 Å². The highest BCUT2D eigenvalue weighted by Crippen LogP contribution is 2.25. The van der Waals surface area contributed by atoms with Gasteiger partial charge in [-0.15, -0.1) is 16.8 Å². The molecule has 0 aliphatic heterocycles. The Morgan fingerprint density at radius 1 is 1.58 bits per heavy atom. The lowest BCUT2D eigenvalue weighted by Gasteiger charge is -1.93. The molecule has 0 unspecified atom stereocenters. The predicted octanol–water partition coefficient (Wildman–Crippen LogP) is 3.06. The number of hydrogen-bond donors (Lipinski definition) is 1. The summed E-state index contributed by atoms with van der Waals surface area (Å²) in [4.78, 5) is 11.6. The Hall–Kier alpha value is -1.86. The summed E-state index contributed by atoms with van der Waals surface area (Å²) in [6, 6.07) is 3.52. The third kappa shape index (κ3) is 4.38. The monoisotopic (exact) mass is 293 g/mol. The van der Waals surface area contributed by atoms with Crippen molar-refractivity contribution in [1.29, 1.82) is 0 Å². The summed E-state index contributed by atoms with van der Waals surface area (Å²) in [7, 11) is 0. The Balaban J connectivity index is 1.88. The van der Waals surface area contributed by atoms with Crippen LogP contribution in [0, 0.1) is 0 Å². The molecular formula is C12H11N3O2S2. The molecule has 5 nitrogen and oxygen atoms in total. The van der Waals surface area contributed by atoms with E-state index in [4.69, 9.17) is 4.42 Å². The van der Waals surface area contributed by atoms with Crippen LogP contribution in [0.1, 0.15) is 5.76 Å². The van der Waals surface area contributed by atoms with Gasteiger partial charge in [0.05, 0.1) is 6.26 Å². The first-order valence-corrected chi connectivity index (χ1v) is 7.18. The third-order valence-corrected chi connectivity index (χ3v) is 3.87. The largest absolute Gasteiger partial charge is 0.465 e. The van der Waals surface area contributed by atoms with Gasteiger partial charge in [0, 0.05) is 11.8 Å². The van der Waals surface area contributed by atoms with Crippen LogP contribution in [0.2, 0.25) is 0 Å². The first kappa shape index (κ1) is 13.6. The minimum atomic E-state index is -0.271. The number of carbonyl (C=O) groups excluding carboxylic acids is 1. The van der Waals surface area contributed by atoms with E-state index in [-0.39, 0.29) is 5.91 Å². The van der Waals surface area contributed by atoms with Crippen molar-refractivity contribution in [2.24, 2.45) is 0 Å². The fraction of sp³-hybridized carbons (Fsp3) is 0.0833. The summed E-state index contributed by atoms with van der Waals surface area (Å²) < 4.78 is 5.87. The number of furan rings is 1. The van der Waals surface area contributed by atoms with Crippen LogP contribution in [-0.2, 0) is 4.79 Å². The van der Waals surface area contributed by atoms with E-state index in [1.807, 2.05) is 0 Å². The fourth-order valence-corrected chi connectivity index (χ4v) is 2.66. The minimum absolute atomic E-state index is 0.271. The molecule has 0 aliphatic rings. The Bertz CT molecular complexity index is 576. The predicted molar refractivity (Wildman–Crippen MR) is 77.2 cm³/mol. The number of nitrogens with one attached hydrogen (secondary N) is 1. The lowest BCUT2D eigenvalue weighted by Crippen LogP contribution is -2.07. The summed E-state index contributed by atoms with van der Waals surface area (Å²) in [6.07, 6.45) is 6.31. The average molecular weight is 293 g/mol. The second-order valence-corrected chi connectivity index (χ2v) is 5.56. The smallest absolute Gasteiger partial charge is 0.250 e. The molecule has 0 fully saturated rings. The minimum Gasteiger partial charge on any atom is -0.465 e. The van der Waals surface area contributed by atoms with E-state index in [2.05, 4.69) is 22.1 Å².